The molecule has 0 bridgehead atoms. The second kappa shape index (κ2) is 11.9. The fourth-order valence-electron chi connectivity index (χ4n) is 5.00. The summed E-state index contributed by atoms with van der Waals surface area (Å²) in [6.45, 7) is 14.1. The van der Waals surface area contributed by atoms with Crippen LogP contribution in [0.4, 0.5) is 0 Å². The average Bonchev–Trinajstić information content (AvgIpc) is 2.81. The van der Waals surface area contributed by atoms with Gasteiger partial charge < -0.3 is 37.2 Å². The zero-order valence-corrected chi connectivity index (χ0v) is 22.8. The SMILES string of the molecule is CC1=[C-]C(C)([Si](c2ccccc2)(c2ccccc2)C(C)C)C(C)=C1C.[Cl-].[Cl-].[Cl-].[Ti+4]. The van der Waals surface area contributed by atoms with E-state index < -0.39 is 8.07 Å². The summed E-state index contributed by atoms with van der Waals surface area (Å²) in [5.74, 6) is 0. The zero-order valence-electron chi connectivity index (χ0n) is 18.0. The van der Waals surface area contributed by atoms with Gasteiger partial charge in [0.25, 0.3) is 0 Å². The van der Waals surface area contributed by atoms with Gasteiger partial charge in [0.15, 0.2) is 0 Å². The first kappa shape index (κ1) is 30.9. The van der Waals surface area contributed by atoms with Crippen molar-refractivity contribution in [3.63, 3.8) is 0 Å². The zero-order chi connectivity index (χ0) is 18.2. The Morgan fingerprint density at radius 1 is 0.759 bits per heavy atom. The molecule has 5 heteroatoms. The van der Waals surface area contributed by atoms with Gasteiger partial charge in [-0.25, -0.2) is 5.57 Å². The third-order valence-electron chi connectivity index (χ3n) is 6.43. The van der Waals surface area contributed by atoms with E-state index >= 15 is 0 Å². The van der Waals surface area contributed by atoms with Gasteiger partial charge in [0.05, 0.1) is 0 Å². The maximum atomic E-state index is 3.95. The van der Waals surface area contributed by atoms with Crippen molar-refractivity contribution in [2.45, 2.75) is 52.1 Å². The molecule has 0 heterocycles. The number of hydrogen-bond donors (Lipinski definition) is 0. The second-order valence-electron chi connectivity index (χ2n) is 7.82. The fraction of sp³-hybridized carbons (Fsp3) is 0.333. The van der Waals surface area contributed by atoms with Gasteiger partial charge in [-0.15, -0.1) is 6.92 Å². The minimum absolute atomic E-state index is 0. The minimum atomic E-state index is -2.15. The van der Waals surface area contributed by atoms with Crippen LogP contribution in [0.1, 0.15) is 41.5 Å². The molecule has 0 saturated carbocycles. The van der Waals surface area contributed by atoms with Crippen LogP contribution in [0, 0.1) is 6.08 Å². The Bertz CT molecular complexity index is 792. The van der Waals surface area contributed by atoms with Gasteiger partial charge in [-0.05, 0) is 5.54 Å². The van der Waals surface area contributed by atoms with Crippen molar-refractivity contribution >= 4 is 18.4 Å². The molecule has 2 aromatic carbocycles. The molecule has 0 saturated heterocycles. The average molecular weight is 500 g/mol. The molecule has 0 spiro atoms. The Kier molecular flexibility index (Phi) is 12.7. The molecule has 0 aliphatic heterocycles. The molecular formula is C24H29Cl3SiTi. The number of benzene rings is 2. The fourth-order valence-corrected chi connectivity index (χ4v) is 11.6. The summed E-state index contributed by atoms with van der Waals surface area (Å²) in [7, 11) is -2.15. The molecule has 3 rings (SSSR count). The van der Waals surface area contributed by atoms with Crippen LogP contribution in [0.2, 0.25) is 10.6 Å². The van der Waals surface area contributed by atoms with Crippen LogP contribution in [-0.4, -0.2) is 8.07 Å². The monoisotopic (exact) mass is 498 g/mol. The molecule has 1 aliphatic rings. The third kappa shape index (κ3) is 4.81. The Labute approximate surface area is 211 Å². The molecule has 154 valence electrons. The van der Waals surface area contributed by atoms with Crippen molar-refractivity contribution in [1.82, 2.24) is 0 Å². The third-order valence-corrected chi connectivity index (χ3v) is 12.7. The molecule has 0 N–H and O–H groups in total. The number of halogens is 3. The molecular weight excluding hydrogens is 471 g/mol. The van der Waals surface area contributed by atoms with Gasteiger partial charge in [-0.1, -0.05) is 111 Å². The topological polar surface area (TPSA) is 0 Å². The Morgan fingerprint density at radius 3 is 1.41 bits per heavy atom. The summed E-state index contributed by atoms with van der Waals surface area (Å²) in [4.78, 5) is 0. The first-order valence-corrected chi connectivity index (χ1v) is 11.3. The first-order chi connectivity index (χ1) is 11.9. The predicted octanol–water partition coefficient (Wildman–Crippen LogP) is -3.47. The van der Waals surface area contributed by atoms with Gasteiger partial charge in [-0.3, -0.25) is 6.08 Å². The largest absolute Gasteiger partial charge is 4.00 e. The van der Waals surface area contributed by atoms with E-state index in [9.17, 15) is 0 Å². The Hall–Kier alpha value is -0.279. The smallest absolute Gasteiger partial charge is 1.00 e. The van der Waals surface area contributed by atoms with Crippen molar-refractivity contribution in [3.8, 4) is 0 Å². The molecule has 0 amide bonds. The molecule has 29 heavy (non-hydrogen) atoms. The maximum absolute atomic E-state index is 3.95. The van der Waals surface area contributed by atoms with E-state index in [1.165, 1.54) is 27.1 Å². The summed E-state index contributed by atoms with van der Waals surface area (Å²) >= 11 is 0. The standard InChI is InChI=1S/C24H29Si.3ClH.Ti/c1-18(2)25(22-13-9-7-10-14-22,23-15-11-8-12-16-23)24(6)17-19(3)20(4)21(24)5;;;;/h7-16,18H,1-6H3;3*1H;/q-1;;;;+4/p-3. The van der Waals surface area contributed by atoms with Crippen molar-refractivity contribution in [2.24, 2.45) is 0 Å². The van der Waals surface area contributed by atoms with Gasteiger partial charge in [-0.2, -0.15) is 11.1 Å². The van der Waals surface area contributed by atoms with Crippen LogP contribution in [-0.2, 0) is 21.7 Å². The summed E-state index contributed by atoms with van der Waals surface area (Å²) in [6.07, 6.45) is 3.95. The van der Waals surface area contributed by atoms with Crippen LogP contribution >= 0.6 is 0 Å². The molecule has 0 radical (unpaired) electrons. The molecule has 1 unspecified atom stereocenters. The van der Waals surface area contributed by atoms with Gasteiger partial charge in [0, 0.05) is 0 Å². The number of allylic oxidation sites excluding steroid dienone is 4. The van der Waals surface area contributed by atoms with Crippen molar-refractivity contribution < 1.29 is 58.9 Å². The van der Waals surface area contributed by atoms with E-state index in [4.69, 9.17) is 0 Å². The van der Waals surface area contributed by atoms with E-state index in [-0.39, 0.29) is 64.0 Å². The molecule has 0 fully saturated rings. The van der Waals surface area contributed by atoms with Gasteiger partial charge in [0.1, 0.15) is 8.07 Å². The Morgan fingerprint density at radius 2 is 1.14 bits per heavy atom. The van der Waals surface area contributed by atoms with E-state index in [0.29, 0.717) is 5.54 Å². The van der Waals surface area contributed by atoms with Crippen LogP contribution in [0.3, 0.4) is 0 Å². The molecule has 1 aliphatic carbocycles. The van der Waals surface area contributed by atoms with Crippen LogP contribution in [0.25, 0.3) is 0 Å². The number of rotatable bonds is 4. The normalized spacial score (nSPS) is 18.1. The minimum Gasteiger partial charge on any atom is -1.00 e. The van der Waals surface area contributed by atoms with E-state index in [1.54, 1.807) is 0 Å². The van der Waals surface area contributed by atoms with Crippen LogP contribution < -0.4 is 47.6 Å². The predicted molar refractivity (Wildman–Crippen MR) is 112 cm³/mol. The van der Waals surface area contributed by atoms with Crippen LogP contribution in [0.5, 0.6) is 0 Å². The van der Waals surface area contributed by atoms with Crippen molar-refractivity contribution in [2.75, 3.05) is 0 Å². The van der Waals surface area contributed by atoms with Crippen LogP contribution in [0.15, 0.2) is 77.4 Å². The molecule has 0 aromatic heterocycles. The van der Waals surface area contributed by atoms with Crippen molar-refractivity contribution in [1.29, 1.82) is 0 Å². The van der Waals surface area contributed by atoms with Crippen molar-refractivity contribution in [3.05, 3.63) is 83.5 Å². The van der Waals surface area contributed by atoms with E-state index in [2.05, 4.69) is 108 Å². The molecule has 0 nitrogen and oxygen atoms in total. The second-order valence-corrected chi connectivity index (χ2v) is 12.7. The summed E-state index contributed by atoms with van der Waals surface area (Å²) in [5, 5.41) is 2.99. The van der Waals surface area contributed by atoms with Gasteiger partial charge >= 0.3 is 21.7 Å². The summed E-state index contributed by atoms with van der Waals surface area (Å²) < 4.78 is 0. The maximum Gasteiger partial charge on any atom is 4.00 e. The quantitative estimate of drug-likeness (QED) is 0.303. The summed E-state index contributed by atoms with van der Waals surface area (Å²) in [6, 6.07) is 22.4. The molecule has 2 aromatic rings. The molecule has 1 atom stereocenters. The summed E-state index contributed by atoms with van der Waals surface area (Å²) in [5.41, 5.74) is 4.80. The number of hydrogen-bond acceptors (Lipinski definition) is 0. The van der Waals surface area contributed by atoms with Gasteiger partial charge in [0.2, 0.25) is 0 Å². The van der Waals surface area contributed by atoms with E-state index in [1.807, 2.05) is 0 Å². The van der Waals surface area contributed by atoms with E-state index in [0.717, 1.165) is 0 Å². The first-order valence-electron chi connectivity index (χ1n) is 9.26. The Balaban J connectivity index is 0.